The van der Waals surface area contributed by atoms with E-state index in [0.717, 1.165) is 13.1 Å². The minimum atomic E-state index is -3.36. The summed E-state index contributed by atoms with van der Waals surface area (Å²) in [6, 6.07) is 4.04. The number of hydrogen-bond acceptors (Lipinski definition) is 4. The second-order valence-electron chi connectivity index (χ2n) is 5.34. The van der Waals surface area contributed by atoms with Crippen molar-refractivity contribution in [2.75, 3.05) is 32.7 Å². The number of rotatable bonds is 5. The summed E-state index contributed by atoms with van der Waals surface area (Å²) in [5.41, 5.74) is -0.185. The molecule has 1 aromatic heterocycles. The van der Waals surface area contributed by atoms with Gasteiger partial charge in [-0.1, -0.05) is 19.9 Å². The molecule has 0 bridgehead atoms. The predicted molar refractivity (Wildman–Crippen MR) is 78.7 cm³/mol. The summed E-state index contributed by atoms with van der Waals surface area (Å²) in [6.45, 7) is 7.03. The summed E-state index contributed by atoms with van der Waals surface area (Å²) in [5, 5.41) is 5.17. The molecule has 0 unspecified atom stereocenters. The van der Waals surface area contributed by atoms with Crippen LogP contribution in [0.3, 0.4) is 0 Å². The van der Waals surface area contributed by atoms with E-state index in [1.54, 1.807) is 11.3 Å². The summed E-state index contributed by atoms with van der Waals surface area (Å²) in [5.74, 6) is 0. The van der Waals surface area contributed by atoms with Gasteiger partial charge in [-0.05, 0) is 11.4 Å². The molecule has 2 heterocycles. The molecular formula is C12H21N3O2S2. The number of thiophene rings is 1. The van der Waals surface area contributed by atoms with E-state index >= 15 is 0 Å². The number of nitrogens with zero attached hydrogens (tertiary/aromatic N) is 1. The van der Waals surface area contributed by atoms with Gasteiger partial charge < -0.3 is 5.32 Å². The third-order valence-corrected chi connectivity index (χ3v) is 6.09. The van der Waals surface area contributed by atoms with Crippen LogP contribution in [0, 0.1) is 0 Å². The minimum absolute atomic E-state index is 0.185. The first kappa shape index (κ1) is 14.9. The van der Waals surface area contributed by atoms with Crippen LogP contribution in [-0.4, -0.2) is 45.4 Å². The fourth-order valence-electron chi connectivity index (χ4n) is 2.00. The lowest BCUT2D eigenvalue weighted by Gasteiger charge is -2.29. The zero-order chi connectivity index (χ0) is 13.9. The molecule has 1 aromatic rings. The quantitative estimate of drug-likeness (QED) is 0.844. The molecule has 0 amide bonds. The van der Waals surface area contributed by atoms with Gasteiger partial charge in [0.1, 0.15) is 0 Å². The van der Waals surface area contributed by atoms with E-state index in [9.17, 15) is 8.42 Å². The highest BCUT2D eigenvalue weighted by Gasteiger charge is 2.28. The molecule has 2 rings (SSSR count). The van der Waals surface area contributed by atoms with E-state index in [-0.39, 0.29) is 5.41 Å². The van der Waals surface area contributed by atoms with Crippen LogP contribution < -0.4 is 10.0 Å². The maximum atomic E-state index is 12.2. The average Bonchev–Trinajstić information content (AvgIpc) is 2.93. The van der Waals surface area contributed by atoms with Gasteiger partial charge >= 0.3 is 0 Å². The Kier molecular flexibility index (Phi) is 4.62. The predicted octanol–water partition coefficient (Wildman–Crippen LogP) is 0.765. The molecular weight excluding hydrogens is 282 g/mol. The number of hydrogen-bond donors (Lipinski definition) is 2. The van der Waals surface area contributed by atoms with Gasteiger partial charge in [-0.3, -0.25) is 0 Å². The van der Waals surface area contributed by atoms with Gasteiger partial charge in [-0.25, -0.2) is 4.72 Å². The number of nitrogens with one attached hydrogen (secondary N) is 2. The van der Waals surface area contributed by atoms with Crippen LogP contribution in [0.1, 0.15) is 18.7 Å². The fourth-order valence-corrected chi connectivity index (χ4v) is 4.24. The minimum Gasteiger partial charge on any atom is -0.314 e. The highest BCUT2D eigenvalue weighted by molar-refractivity contribution is 7.87. The second-order valence-corrected chi connectivity index (χ2v) is 8.04. The Bertz CT molecular complexity index is 491. The first-order valence-corrected chi connectivity index (χ1v) is 8.73. The zero-order valence-electron chi connectivity index (χ0n) is 11.3. The smallest absolute Gasteiger partial charge is 0.279 e. The lowest BCUT2D eigenvalue weighted by atomic mass is 9.92. The lowest BCUT2D eigenvalue weighted by molar-refractivity contribution is 0.351. The van der Waals surface area contributed by atoms with Crippen molar-refractivity contribution in [3.8, 4) is 0 Å². The van der Waals surface area contributed by atoms with E-state index in [0.29, 0.717) is 19.6 Å². The van der Waals surface area contributed by atoms with Gasteiger partial charge in [-0.15, -0.1) is 11.3 Å². The molecule has 19 heavy (non-hydrogen) atoms. The maximum Gasteiger partial charge on any atom is 0.279 e. The molecule has 108 valence electrons. The van der Waals surface area contributed by atoms with E-state index in [4.69, 9.17) is 0 Å². The van der Waals surface area contributed by atoms with Crippen molar-refractivity contribution in [2.24, 2.45) is 0 Å². The van der Waals surface area contributed by atoms with Crippen LogP contribution in [0.5, 0.6) is 0 Å². The fraction of sp³-hybridized carbons (Fsp3) is 0.667. The molecule has 1 aliphatic rings. The largest absolute Gasteiger partial charge is 0.314 e. The first-order chi connectivity index (χ1) is 8.92. The molecule has 1 aliphatic heterocycles. The standard InChI is InChI=1S/C12H21N3O2S2/c1-12(2,11-4-3-9-18-11)10-14-19(16,17)15-7-5-13-6-8-15/h3-4,9,13-14H,5-8,10H2,1-2H3. The molecule has 5 nitrogen and oxygen atoms in total. The summed E-state index contributed by atoms with van der Waals surface area (Å²) < 4.78 is 28.6. The normalized spacial score (nSPS) is 18.6. The van der Waals surface area contributed by atoms with Crippen molar-refractivity contribution < 1.29 is 8.42 Å². The van der Waals surface area contributed by atoms with Gasteiger partial charge in [0.2, 0.25) is 0 Å². The molecule has 7 heteroatoms. The highest BCUT2D eigenvalue weighted by atomic mass is 32.2. The van der Waals surface area contributed by atoms with Gasteiger partial charge in [0, 0.05) is 43.0 Å². The second kappa shape index (κ2) is 5.88. The van der Waals surface area contributed by atoms with Crippen LogP contribution >= 0.6 is 11.3 Å². The van der Waals surface area contributed by atoms with Crippen molar-refractivity contribution in [1.29, 1.82) is 0 Å². The lowest BCUT2D eigenvalue weighted by Crippen LogP contribution is -2.52. The molecule has 0 radical (unpaired) electrons. The molecule has 0 atom stereocenters. The molecule has 0 saturated carbocycles. The van der Waals surface area contributed by atoms with Gasteiger partial charge in [0.05, 0.1) is 0 Å². The average molecular weight is 303 g/mol. The van der Waals surface area contributed by atoms with Crippen molar-refractivity contribution in [1.82, 2.24) is 14.3 Å². The summed E-state index contributed by atoms with van der Waals surface area (Å²) in [7, 11) is -3.36. The summed E-state index contributed by atoms with van der Waals surface area (Å²) >= 11 is 1.66. The van der Waals surface area contributed by atoms with Gasteiger partial charge in [-0.2, -0.15) is 12.7 Å². The Morgan fingerprint density at radius 1 is 1.42 bits per heavy atom. The summed E-state index contributed by atoms with van der Waals surface area (Å²) in [4.78, 5) is 1.19. The molecule has 0 aliphatic carbocycles. The molecule has 0 aromatic carbocycles. The Labute approximate surface area is 119 Å². The summed E-state index contributed by atoms with van der Waals surface area (Å²) in [6.07, 6.45) is 0. The van der Waals surface area contributed by atoms with Crippen LogP contribution in [0.25, 0.3) is 0 Å². The van der Waals surface area contributed by atoms with Crippen molar-refractivity contribution >= 4 is 21.5 Å². The number of piperazine rings is 1. The molecule has 2 N–H and O–H groups in total. The van der Waals surface area contributed by atoms with E-state index in [1.807, 2.05) is 17.5 Å². The molecule has 1 saturated heterocycles. The van der Waals surface area contributed by atoms with Crippen LogP contribution in [0.15, 0.2) is 17.5 Å². The highest BCUT2D eigenvalue weighted by Crippen LogP contribution is 2.26. The maximum absolute atomic E-state index is 12.2. The van der Waals surface area contributed by atoms with Crippen molar-refractivity contribution in [3.63, 3.8) is 0 Å². The van der Waals surface area contributed by atoms with Crippen molar-refractivity contribution in [3.05, 3.63) is 22.4 Å². The Hall–Kier alpha value is -0.470. The monoisotopic (exact) mass is 303 g/mol. The molecule has 1 fully saturated rings. The van der Waals surface area contributed by atoms with Crippen LogP contribution in [0.2, 0.25) is 0 Å². The van der Waals surface area contributed by atoms with Crippen LogP contribution in [-0.2, 0) is 15.6 Å². The topological polar surface area (TPSA) is 61.4 Å². The van der Waals surface area contributed by atoms with E-state index < -0.39 is 10.2 Å². The Balaban J connectivity index is 1.97. The Morgan fingerprint density at radius 3 is 2.68 bits per heavy atom. The third kappa shape index (κ3) is 3.76. The third-order valence-electron chi connectivity index (χ3n) is 3.30. The molecule has 0 spiro atoms. The first-order valence-electron chi connectivity index (χ1n) is 6.41. The van der Waals surface area contributed by atoms with Gasteiger partial charge in [0.15, 0.2) is 0 Å². The van der Waals surface area contributed by atoms with E-state index in [1.165, 1.54) is 9.18 Å². The van der Waals surface area contributed by atoms with Crippen LogP contribution in [0.4, 0.5) is 0 Å². The van der Waals surface area contributed by atoms with Gasteiger partial charge in [0.25, 0.3) is 10.2 Å². The SMILES string of the molecule is CC(C)(CNS(=O)(=O)N1CCNCC1)c1cccs1. The van der Waals surface area contributed by atoms with E-state index in [2.05, 4.69) is 23.9 Å². The van der Waals surface area contributed by atoms with Crippen molar-refractivity contribution in [2.45, 2.75) is 19.3 Å². The zero-order valence-corrected chi connectivity index (χ0v) is 13.0. The Morgan fingerprint density at radius 2 is 2.11 bits per heavy atom.